The van der Waals surface area contributed by atoms with Gasteiger partial charge in [-0.15, -0.1) is 0 Å². The Kier molecular flexibility index (Phi) is 6.11. The maximum Gasteiger partial charge on any atom is 0.164 e. The molecule has 5 heteroatoms. The second kappa shape index (κ2) is 10.7. The van der Waals surface area contributed by atoms with Gasteiger partial charge in [0.1, 0.15) is 11.6 Å². The lowest BCUT2D eigenvalue weighted by Crippen LogP contribution is -2.45. The number of nitrogens with zero attached hydrogens (tertiary/aromatic N) is 5. The van der Waals surface area contributed by atoms with Crippen LogP contribution in [0.1, 0.15) is 80.1 Å². The molecule has 5 nitrogen and oxygen atoms in total. The fourth-order valence-electron chi connectivity index (χ4n) is 11.5. The molecule has 56 heavy (non-hydrogen) atoms. The number of allylic oxidation sites excluding steroid dienone is 2. The molecule has 2 aliphatic heterocycles. The average molecular weight is 724 g/mol. The van der Waals surface area contributed by atoms with Gasteiger partial charge >= 0.3 is 0 Å². The van der Waals surface area contributed by atoms with Gasteiger partial charge in [-0.2, -0.15) is 0 Å². The maximum absolute atomic E-state index is 5.69. The highest BCUT2D eigenvalue weighted by Gasteiger charge is 2.52. The Morgan fingerprint density at radius 1 is 0.607 bits per heavy atom. The first-order chi connectivity index (χ1) is 27.2. The van der Waals surface area contributed by atoms with Crippen molar-refractivity contribution in [3.8, 4) is 39.6 Å². The van der Waals surface area contributed by atoms with E-state index in [9.17, 15) is 0 Å². The van der Waals surface area contributed by atoms with Gasteiger partial charge in [-0.05, 0) is 74.8 Å². The summed E-state index contributed by atoms with van der Waals surface area (Å²) in [6.45, 7) is 12.0. The van der Waals surface area contributed by atoms with Crippen LogP contribution in [0.3, 0.4) is 0 Å². The molecule has 0 amide bonds. The van der Waals surface area contributed by atoms with Crippen LogP contribution >= 0.6 is 0 Å². The molecule has 0 fully saturated rings. The lowest BCUT2D eigenvalue weighted by molar-refractivity contribution is 0.528. The van der Waals surface area contributed by atoms with E-state index in [1.54, 1.807) is 0 Å². The normalized spacial score (nSPS) is 20.8. The molecule has 12 rings (SSSR count). The number of para-hydroxylation sites is 1. The van der Waals surface area contributed by atoms with Crippen molar-refractivity contribution in [2.75, 3.05) is 11.9 Å². The highest BCUT2D eigenvalue weighted by molar-refractivity contribution is 5.98. The van der Waals surface area contributed by atoms with Crippen molar-refractivity contribution in [2.45, 2.75) is 57.3 Å². The number of anilines is 1. The van der Waals surface area contributed by atoms with E-state index < -0.39 is 5.41 Å². The van der Waals surface area contributed by atoms with Crippen molar-refractivity contribution in [2.24, 2.45) is 0 Å². The van der Waals surface area contributed by atoms with Gasteiger partial charge in [-0.3, -0.25) is 4.57 Å². The Morgan fingerprint density at radius 2 is 1.30 bits per heavy atom. The number of hydrogen-bond acceptors (Lipinski definition) is 4. The van der Waals surface area contributed by atoms with Gasteiger partial charge in [0.25, 0.3) is 0 Å². The number of rotatable bonds is 1. The van der Waals surface area contributed by atoms with E-state index in [-0.39, 0.29) is 17.3 Å². The van der Waals surface area contributed by atoms with Crippen molar-refractivity contribution < 1.29 is 0 Å². The zero-order valence-corrected chi connectivity index (χ0v) is 32.5. The van der Waals surface area contributed by atoms with Gasteiger partial charge in [0.15, 0.2) is 11.6 Å². The monoisotopic (exact) mass is 723 g/mol. The predicted octanol–water partition coefficient (Wildman–Crippen LogP) is 11.9. The van der Waals surface area contributed by atoms with Gasteiger partial charge < -0.3 is 4.90 Å². The van der Waals surface area contributed by atoms with E-state index in [1.165, 1.54) is 83.4 Å². The van der Waals surface area contributed by atoms with Crippen molar-refractivity contribution in [1.82, 2.24) is 19.5 Å². The molecule has 4 aliphatic rings. The second-order valence-electron chi connectivity index (χ2n) is 17.0. The van der Waals surface area contributed by atoms with Crippen LogP contribution in [-0.2, 0) is 10.8 Å². The van der Waals surface area contributed by atoms with Crippen LogP contribution in [0, 0.1) is 0 Å². The highest BCUT2D eigenvalue weighted by Crippen LogP contribution is 2.61. The molecule has 6 aromatic carbocycles. The minimum atomic E-state index is -0.708. The summed E-state index contributed by atoms with van der Waals surface area (Å²) < 4.78 is 2.58. The van der Waals surface area contributed by atoms with E-state index in [0.717, 1.165) is 17.0 Å². The Labute approximate surface area is 327 Å². The zero-order chi connectivity index (χ0) is 37.8. The van der Waals surface area contributed by atoms with Gasteiger partial charge in [0.05, 0.1) is 16.6 Å². The fourth-order valence-corrected chi connectivity index (χ4v) is 11.5. The molecule has 6 bridgehead atoms. The van der Waals surface area contributed by atoms with Crippen LogP contribution < -0.4 is 4.90 Å². The summed E-state index contributed by atoms with van der Waals surface area (Å²) in [5.74, 6) is 3.73. The van der Waals surface area contributed by atoms with E-state index in [4.69, 9.17) is 15.0 Å². The first-order valence-electron chi connectivity index (χ1n) is 19.9. The zero-order valence-electron chi connectivity index (χ0n) is 32.5. The molecule has 2 aromatic heterocycles. The molecule has 3 unspecified atom stereocenters. The van der Waals surface area contributed by atoms with Crippen LogP contribution in [-0.4, -0.2) is 26.6 Å². The molecule has 2 aliphatic carbocycles. The van der Waals surface area contributed by atoms with Crippen molar-refractivity contribution in [3.05, 3.63) is 172 Å². The van der Waals surface area contributed by atoms with Crippen LogP contribution in [0.5, 0.6) is 0 Å². The first kappa shape index (κ1) is 32.0. The number of hydrogen-bond donors (Lipinski definition) is 0. The largest absolute Gasteiger partial charge is 0.333 e. The Morgan fingerprint density at radius 3 is 2.16 bits per heavy atom. The SMILES string of the molecule is CC1C2=C3N(C)c4c(c5ccccc5n4-c4cccc5c4C(C)(C)c4c(cccc4-5)-c4nc(-c5ccc6ccccc6c5)nc(n4)C3(C)c3ccccc31)C2C. The third kappa shape index (κ3) is 3.78. The molecule has 0 saturated carbocycles. The fraction of sp³-hybridized carbons (Fsp3) is 0.196. The Balaban J connectivity index is 1.29. The minimum Gasteiger partial charge on any atom is -0.333 e. The standard InChI is InChI=1S/C51H41N5/c1-28-33-17-9-11-22-38(33)51(5)45-41(28)29(2)42-36-18-10-12-23-39(36)56(48(42)55(45)6)40-24-14-20-35-34-19-13-21-37(43(34)50(3,4)44(35)40)47-52-46(53-49(51)54-47)32-26-25-30-15-7-8-16-31(30)27-32/h7-29H,1-6H3. The van der Waals surface area contributed by atoms with Crippen LogP contribution in [0.2, 0.25) is 0 Å². The summed E-state index contributed by atoms with van der Waals surface area (Å²) in [6.07, 6.45) is 0. The van der Waals surface area contributed by atoms with Crippen LogP contribution in [0.25, 0.3) is 61.3 Å². The lowest BCUT2D eigenvalue weighted by Gasteiger charge is -2.49. The Hall–Kier alpha value is -6.33. The third-order valence-electron chi connectivity index (χ3n) is 13.8. The predicted molar refractivity (Wildman–Crippen MR) is 228 cm³/mol. The molecule has 0 spiro atoms. The summed E-state index contributed by atoms with van der Waals surface area (Å²) in [4.78, 5) is 19.3. The summed E-state index contributed by atoms with van der Waals surface area (Å²) in [5.41, 5.74) is 15.2. The first-order valence-corrected chi connectivity index (χ1v) is 19.9. The molecule has 4 heterocycles. The molecular formula is C51H41N5. The molecule has 0 saturated heterocycles. The summed E-state index contributed by atoms with van der Waals surface area (Å²) in [5, 5.41) is 3.67. The van der Waals surface area contributed by atoms with Gasteiger partial charge in [0, 0.05) is 52.1 Å². The van der Waals surface area contributed by atoms with E-state index >= 15 is 0 Å². The molecular weight excluding hydrogens is 683 g/mol. The number of likely N-dealkylation sites (N-methyl/N-ethyl adjacent to an activating group) is 1. The highest BCUT2D eigenvalue weighted by atomic mass is 15.3. The minimum absolute atomic E-state index is 0.141. The average Bonchev–Trinajstić information content (AvgIpc) is 3.70. The molecule has 0 N–H and O–H groups in total. The number of fused-ring (bicyclic) bond motifs is 12. The van der Waals surface area contributed by atoms with E-state index in [0.29, 0.717) is 11.6 Å². The smallest absolute Gasteiger partial charge is 0.164 e. The van der Waals surface area contributed by atoms with E-state index in [1.807, 2.05) is 0 Å². The molecule has 8 aromatic rings. The molecule has 270 valence electrons. The van der Waals surface area contributed by atoms with Crippen molar-refractivity contribution in [3.63, 3.8) is 0 Å². The summed E-state index contributed by atoms with van der Waals surface area (Å²) in [6, 6.07) is 46.8. The Bertz CT molecular complexity index is 3090. The quantitative estimate of drug-likeness (QED) is 0.169. The lowest BCUT2D eigenvalue weighted by atomic mass is 9.62. The maximum atomic E-state index is 5.69. The van der Waals surface area contributed by atoms with Crippen molar-refractivity contribution in [1.29, 1.82) is 0 Å². The van der Waals surface area contributed by atoms with Crippen LogP contribution in [0.4, 0.5) is 5.82 Å². The van der Waals surface area contributed by atoms with Crippen molar-refractivity contribution >= 4 is 27.5 Å². The van der Waals surface area contributed by atoms with Gasteiger partial charge in [-0.1, -0.05) is 137 Å². The van der Waals surface area contributed by atoms with E-state index in [2.05, 4.69) is 179 Å². The number of aromatic nitrogens is 4. The summed E-state index contributed by atoms with van der Waals surface area (Å²) >= 11 is 0. The van der Waals surface area contributed by atoms with Gasteiger partial charge in [-0.25, -0.2) is 15.0 Å². The topological polar surface area (TPSA) is 46.8 Å². The molecule has 3 atom stereocenters. The number of benzene rings is 6. The second-order valence-corrected chi connectivity index (χ2v) is 17.0. The molecule has 0 radical (unpaired) electrons. The van der Waals surface area contributed by atoms with Gasteiger partial charge in [0.2, 0.25) is 0 Å². The third-order valence-corrected chi connectivity index (χ3v) is 13.8. The van der Waals surface area contributed by atoms with Crippen LogP contribution in [0.15, 0.2) is 139 Å². The summed E-state index contributed by atoms with van der Waals surface area (Å²) in [7, 11) is 2.29.